The molecule has 136 valence electrons. The number of carbonyl (C=O) groups excluding carboxylic acids is 2. The highest BCUT2D eigenvalue weighted by molar-refractivity contribution is 7.12. The predicted molar refractivity (Wildman–Crippen MR) is 103 cm³/mol. The third-order valence-electron chi connectivity index (χ3n) is 3.85. The number of thiophene rings is 1. The maximum Gasteiger partial charge on any atom is 0.339 e. The zero-order valence-corrected chi connectivity index (χ0v) is 16.3. The van der Waals surface area contributed by atoms with Crippen LogP contribution < -0.4 is 4.90 Å². The predicted octanol–water partition coefficient (Wildman–Crippen LogP) is 4.09. The summed E-state index contributed by atoms with van der Waals surface area (Å²) < 4.78 is 5.22. The number of rotatable bonds is 6. The number of carbonyl (C=O) groups is 2. The Bertz CT molecular complexity index is 844. The molecule has 0 aliphatic heterocycles. The summed E-state index contributed by atoms with van der Waals surface area (Å²) in [4.78, 5) is 28.3. The second-order valence-corrected chi connectivity index (χ2v) is 7.66. The van der Waals surface area contributed by atoms with Crippen LogP contribution in [-0.4, -0.2) is 25.0 Å². The maximum absolute atomic E-state index is 12.6. The monoisotopic (exact) mass is 370 g/mol. The molecule has 0 fully saturated rings. The fourth-order valence-electron chi connectivity index (χ4n) is 2.78. The Morgan fingerprint density at radius 3 is 2.31 bits per heavy atom. The number of aryl methyl sites for hydroxylation is 4. The molecule has 5 nitrogen and oxygen atoms in total. The Kier molecular flexibility index (Phi) is 6.53. The average Bonchev–Trinajstić information content (AvgIpc) is 2.90. The van der Waals surface area contributed by atoms with Crippen LogP contribution in [0.2, 0.25) is 0 Å². The third-order valence-corrected chi connectivity index (χ3v) is 4.82. The van der Waals surface area contributed by atoms with E-state index in [2.05, 4.69) is 6.07 Å². The second kappa shape index (κ2) is 8.63. The van der Waals surface area contributed by atoms with Gasteiger partial charge >= 0.3 is 5.97 Å². The van der Waals surface area contributed by atoms with Crippen molar-refractivity contribution in [3.8, 4) is 6.07 Å². The molecule has 0 saturated heterocycles. The van der Waals surface area contributed by atoms with E-state index in [1.807, 2.05) is 45.9 Å². The Morgan fingerprint density at radius 2 is 1.77 bits per heavy atom. The minimum atomic E-state index is -0.499. The van der Waals surface area contributed by atoms with Crippen molar-refractivity contribution in [3.05, 3.63) is 50.7 Å². The van der Waals surface area contributed by atoms with Gasteiger partial charge < -0.3 is 9.64 Å². The highest BCUT2D eigenvalue weighted by Gasteiger charge is 2.20. The number of benzene rings is 1. The Morgan fingerprint density at radius 1 is 1.12 bits per heavy atom. The molecule has 0 atom stereocenters. The summed E-state index contributed by atoms with van der Waals surface area (Å²) in [5.41, 5.74) is 3.25. The molecule has 1 heterocycles. The molecule has 0 aliphatic carbocycles. The van der Waals surface area contributed by atoms with Gasteiger partial charge in [0.2, 0.25) is 0 Å². The van der Waals surface area contributed by atoms with E-state index in [-0.39, 0.29) is 25.5 Å². The molecule has 2 aromatic rings. The Hall–Kier alpha value is -2.65. The topological polar surface area (TPSA) is 70.4 Å². The molecule has 0 saturated carbocycles. The van der Waals surface area contributed by atoms with Gasteiger partial charge in [0.15, 0.2) is 6.61 Å². The quantitative estimate of drug-likeness (QED) is 0.718. The van der Waals surface area contributed by atoms with Crippen molar-refractivity contribution < 1.29 is 14.3 Å². The summed E-state index contributed by atoms with van der Waals surface area (Å²) in [7, 11) is 0. The van der Waals surface area contributed by atoms with Gasteiger partial charge in [0, 0.05) is 22.0 Å². The minimum Gasteiger partial charge on any atom is -0.452 e. The molecule has 0 spiro atoms. The molecule has 1 aromatic carbocycles. The van der Waals surface area contributed by atoms with E-state index in [0.29, 0.717) is 11.3 Å². The Balaban J connectivity index is 2.12. The lowest BCUT2D eigenvalue weighted by Crippen LogP contribution is -2.35. The standard InChI is InChI=1S/C20H22N2O3S/c1-13-8-14(2)10-17(9-13)22(7-5-6-21)19(23)12-25-20(24)18-11-15(3)26-16(18)4/h8-11H,5,7,12H2,1-4H3. The van der Waals surface area contributed by atoms with Crippen molar-refractivity contribution in [1.29, 1.82) is 5.26 Å². The first-order valence-corrected chi connectivity index (χ1v) is 9.13. The summed E-state index contributed by atoms with van der Waals surface area (Å²) >= 11 is 1.52. The van der Waals surface area contributed by atoms with Gasteiger partial charge in [0.1, 0.15) is 0 Å². The van der Waals surface area contributed by atoms with E-state index in [1.165, 1.54) is 16.2 Å². The second-order valence-electron chi connectivity index (χ2n) is 6.20. The first-order chi connectivity index (χ1) is 12.3. The van der Waals surface area contributed by atoms with Crippen molar-refractivity contribution >= 4 is 28.9 Å². The molecule has 0 radical (unpaired) electrons. The van der Waals surface area contributed by atoms with Crippen LogP contribution in [0.4, 0.5) is 5.69 Å². The molecule has 2 rings (SSSR count). The maximum atomic E-state index is 12.6. The van der Waals surface area contributed by atoms with Gasteiger partial charge in [-0.15, -0.1) is 11.3 Å². The van der Waals surface area contributed by atoms with Crippen molar-refractivity contribution in [3.63, 3.8) is 0 Å². The molecule has 0 unspecified atom stereocenters. The molecular weight excluding hydrogens is 348 g/mol. The first-order valence-electron chi connectivity index (χ1n) is 8.31. The summed E-state index contributed by atoms with van der Waals surface area (Å²) in [5.74, 6) is -0.843. The van der Waals surface area contributed by atoms with Gasteiger partial charge in [0.25, 0.3) is 5.91 Å². The molecule has 0 aliphatic rings. The van der Waals surface area contributed by atoms with E-state index in [4.69, 9.17) is 10.00 Å². The van der Waals surface area contributed by atoms with Crippen molar-refractivity contribution in [2.45, 2.75) is 34.1 Å². The average molecular weight is 370 g/mol. The molecule has 26 heavy (non-hydrogen) atoms. The molecule has 0 bridgehead atoms. The number of nitriles is 1. The van der Waals surface area contributed by atoms with Gasteiger partial charge in [-0.1, -0.05) is 6.07 Å². The number of esters is 1. The van der Waals surface area contributed by atoms with E-state index >= 15 is 0 Å². The fourth-order valence-corrected chi connectivity index (χ4v) is 3.69. The number of ether oxygens (including phenoxy) is 1. The van der Waals surface area contributed by atoms with Crippen LogP contribution in [0.5, 0.6) is 0 Å². The van der Waals surface area contributed by atoms with Crippen molar-refractivity contribution in [1.82, 2.24) is 0 Å². The largest absolute Gasteiger partial charge is 0.452 e. The van der Waals surface area contributed by atoms with Crippen LogP contribution in [-0.2, 0) is 9.53 Å². The third kappa shape index (κ3) is 4.93. The summed E-state index contributed by atoms with van der Waals surface area (Å²) in [6, 6.07) is 9.60. The summed E-state index contributed by atoms with van der Waals surface area (Å²) in [6.45, 7) is 7.57. The van der Waals surface area contributed by atoms with Gasteiger partial charge in [-0.3, -0.25) is 4.79 Å². The van der Waals surface area contributed by atoms with Crippen LogP contribution >= 0.6 is 11.3 Å². The minimum absolute atomic E-state index is 0.204. The zero-order chi connectivity index (χ0) is 19.3. The highest BCUT2D eigenvalue weighted by atomic mass is 32.1. The van der Waals surface area contributed by atoms with Gasteiger partial charge in [0.05, 0.1) is 18.1 Å². The molecule has 1 aromatic heterocycles. The van der Waals surface area contributed by atoms with Crippen LogP contribution in [0, 0.1) is 39.0 Å². The lowest BCUT2D eigenvalue weighted by molar-refractivity contribution is -0.121. The number of anilines is 1. The normalized spacial score (nSPS) is 10.3. The summed E-state index contributed by atoms with van der Waals surface area (Å²) in [6.07, 6.45) is 0.204. The number of hydrogen-bond donors (Lipinski definition) is 0. The van der Waals surface area contributed by atoms with E-state index in [9.17, 15) is 9.59 Å². The highest BCUT2D eigenvalue weighted by Crippen LogP contribution is 2.22. The lowest BCUT2D eigenvalue weighted by Gasteiger charge is -2.22. The van der Waals surface area contributed by atoms with E-state index < -0.39 is 5.97 Å². The number of nitrogens with zero attached hydrogens (tertiary/aromatic N) is 2. The molecule has 0 N–H and O–H groups in total. The van der Waals surface area contributed by atoms with Gasteiger partial charge in [-0.25, -0.2) is 4.79 Å². The first kappa shape index (κ1) is 19.7. The van der Waals surface area contributed by atoms with Crippen LogP contribution in [0.3, 0.4) is 0 Å². The number of amides is 1. The lowest BCUT2D eigenvalue weighted by atomic mass is 10.1. The molecule has 6 heteroatoms. The smallest absolute Gasteiger partial charge is 0.339 e. The zero-order valence-electron chi connectivity index (χ0n) is 15.5. The van der Waals surface area contributed by atoms with Gasteiger partial charge in [-0.05, 0) is 57.0 Å². The molecule has 1 amide bonds. The summed E-state index contributed by atoms with van der Waals surface area (Å²) in [5, 5.41) is 8.88. The van der Waals surface area contributed by atoms with E-state index in [1.54, 1.807) is 6.07 Å². The van der Waals surface area contributed by atoms with Gasteiger partial charge in [-0.2, -0.15) is 5.26 Å². The van der Waals surface area contributed by atoms with Crippen LogP contribution in [0.25, 0.3) is 0 Å². The number of hydrogen-bond acceptors (Lipinski definition) is 5. The Labute approximate surface area is 157 Å². The van der Waals surface area contributed by atoms with Crippen molar-refractivity contribution in [2.24, 2.45) is 0 Å². The van der Waals surface area contributed by atoms with Crippen LogP contribution in [0.15, 0.2) is 24.3 Å². The van der Waals surface area contributed by atoms with Crippen molar-refractivity contribution in [2.75, 3.05) is 18.1 Å². The molecular formula is C20H22N2O3S. The van der Waals surface area contributed by atoms with E-state index in [0.717, 1.165) is 20.9 Å². The SMILES string of the molecule is Cc1cc(C)cc(N(CCC#N)C(=O)COC(=O)c2cc(C)sc2C)c1. The fraction of sp³-hybridized carbons (Fsp3) is 0.350. The van der Waals surface area contributed by atoms with Crippen LogP contribution in [0.1, 0.15) is 37.7 Å².